The largest absolute Gasteiger partial charge is 0.393 e. The van der Waals surface area contributed by atoms with Gasteiger partial charge in [-0.25, -0.2) is 9.97 Å². The van der Waals surface area contributed by atoms with Crippen LogP contribution in [0.2, 0.25) is 5.02 Å². The molecule has 0 spiro atoms. The van der Waals surface area contributed by atoms with Crippen LogP contribution in [0.3, 0.4) is 0 Å². The summed E-state index contributed by atoms with van der Waals surface area (Å²) in [4.78, 5) is 24.9. The van der Waals surface area contributed by atoms with Crippen molar-refractivity contribution in [1.82, 2.24) is 20.4 Å². The van der Waals surface area contributed by atoms with E-state index in [4.69, 9.17) is 17.3 Å². The second-order valence-electron chi connectivity index (χ2n) is 6.07. The van der Waals surface area contributed by atoms with E-state index in [1.807, 2.05) is 30.3 Å². The van der Waals surface area contributed by atoms with Crippen LogP contribution in [0.4, 0.5) is 23.0 Å². The van der Waals surface area contributed by atoms with Crippen LogP contribution >= 0.6 is 11.6 Å². The van der Waals surface area contributed by atoms with Crippen molar-refractivity contribution < 1.29 is 4.79 Å². The van der Waals surface area contributed by atoms with E-state index in [1.165, 1.54) is 6.33 Å². The maximum absolute atomic E-state index is 12.2. The molecule has 5 N–H and O–H groups in total. The number of carbonyl (C=O) groups excluding carboxylic acids is 1. The molecule has 144 valence electrons. The molecule has 2 heterocycles. The number of halogens is 1. The molecule has 0 aliphatic rings. The molecule has 0 fully saturated rings. The summed E-state index contributed by atoms with van der Waals surface area (Å²) >= 11 is 5.84. The molecule has 1 amide bonds. The minimum Gasteiger partial charge on any atom is -0.393 e. The number of pyridine rings is 1. The predicted molar refractivity (Wildman–Crippen MR) is 114 cm³/mol. The summed E-state index contributed by atoms with van der Waals surface area (Å²) in [5.74, 6) is 0.317. The topological polar surface area (TPSA) is 118 Å². The van der Waals surface area contributed by atoms with E-state index in [-0.39, 0.29) is 17.4 Å². The number of aromatic nitrogens is 3. The van der Waals surface area contributed by atoms with Gasteiger partial charge in [-0.3, -0.25) is 20.6 Å². The number of carbonyl (C=O) groups is 1. The Bertz CT molecular complexity index is 1180. The van der Waals surface area contributed by atoms with E-state index in [0.717, 1.165) is 16.6 Å². The molecule has 2 aromatic carbocycles. The minimum absolute atomic E-state index is 0.254. The summed E-state index contributed by atoms with van der Waals surface area (Å²) in [7, 11) is 0. The van der Waals surface area contributed by atoms with Crippen molar-refractivity contribution in [3.63, 3.8) is 0 Å². The molecule has 2 aromatic heterocycles. The first-order chi connectivity index (χ1) is 14.1. The Labute approximate surface area is 171 Å². The van der Waals surface area contributed by atoms with Gasteiger partial charge in [0.25, 0.3) is 5.91 Å². The number of nitrogen functional groups attached to an aromatic ring is 1. The molecule has 4 aromatic rings. The summed E-state index contributed by atoms with van der Waals surface area (Å²) in [6.07, 6.45) is 3.08. The number of benzene rings is 2. The number of nitrogens with one attached hydrogen (secondary N) is 3. The highest BCUT2D eigenvalue weighted by Crippen LogP contribution is 2.29. The highest BCUT2D eigenvalue weighted by molar-refractivity contribution is 6.30. The van der Waals surface area contributed by atoms with Gasteiger partial charge in [0.15, 0.2) is 11.6 Å². The van der Waals surface area contributed by atoms with Crippen LogP contribution in [0.25, 0.3) is 10.9 Å². The Morgan fingerprint density at radius 1 is 0.931 bits per heavy atom. The van der Waals surface area contributed by atoms with Crippen LogP contribution in [0.1, 0.15) is 10.4 Å². The number of rotatable bonds is 5. The van der Waals surface area contributed by atoms with E-state index < -0.39 is 0 Å². The van der Waals surface area contributed by atoms with Crippen LogP contribution in [-0.4, -0.2) is 20.9 Å². The summed E-state index contributed by atoms with van der Waals surface area (Å²) in [5, 5.41) is 4.68. The van der Waals surface area contributed by atoms with Gasteiger partial charge < -0.3 is 11.1 Å². The van der Waals surface area contributed by atoms with Crippen LogP contribution in [0.5, 0.6) is 0 Å². The fourth-order valence-electron chi connectivity index (χ4n) is 2.72. The van der Waals surface area contributed by atoms with Gasteiger partial charge in [0.2, 0.25) is 0 Å². The summed E-state index contributed by atoms with van der Waals surface area (Å²) in [6.45, 7) is 0. The fraction of sp³-hybridized carbons (Fsp3) is 0. The number of hydrogen-bond acceptors (Lipinski definition) is 7. The van der Waals surface area contributed by atoms with Crippen LogP contribution < -0.4 is 21.9 Å². The third-order valence-corrected chi connectivity index (χ3v) is 4.44. The molecule has 0 aliphatic heterocycles. The normalized spacial score (nSPS) is 10.5. The maximum atomic E-state index is 12.2. The third kappa shape index (κ3) is 4.02. The number of hydrogen-bond donors (Lipinski definition) is 4. The predicted octanol–water partition coefficient (Wildman–Crippen LogP) is 3.76. The van der Waals surface area contributed by atoms with Crippen molar-refractivity contribution in [2.75, 3.05) is 16.5 Å². The Morgan fingerprint density at radius 3 is 2.55 bits per heavy atom. The molecular weight excluding hydrogens is 390 g/mol. The third-order valence-electron chi connectivity index (χ3n) is 4.18. The lowest BCUT2D eigenvalue weighted by atomic mass is 10.2. The highest BCUT2D eigenvalue weighted by Gasteiger charge is 2.11. The second kappa shape index (κ2) is 7.99. The van der Waals surface area contributed by atoms with Crippen molar-refractivity contribution in [3.05, 3.63) is 77.7 Å². The van der Waals surface area contributed by atoms with Crippen LogP contribution in [-0.2, 0) is 0 Å². The lowest BCUT2D eigenvalue weighted by Gasteiger charge is -2.14. The lowest BCUT2D eigenvalue weighted by molar-refractivity contribution is 0.0962. The second-order valence-corrected chi connectivity index (χ2v) is 6.51. The molecule has 0 radical (unpaired) electrons. The molecular formula is C20H16ClN7O. The lowest BCUT2D eigenvalue weighted by Crippen LogP contribution is -2.30. The van der Waals surface area contributed by atoms with Gasteiger partial charge in [0, 0.05) is 27.9 Å². The molecule has 4 rings (SSSR count). The van der Waals surface area contributed by atoms with Gasteiger partial charge in [-0.2, -0.15) is 0 Å². The van der Waals surface area contributed by atoms with Gasteiger partial charge in [-0.05, 0) is 48.5 Å². The van der Waals surface area contributed by atoms with E-state index in [9.17, 15) is 4.79 Å². The SMILES string of the molecule is Nc1c(NNC(=O)c2ccc(Cl)cc2)ncnc1Nc1cccc2ncccc12. The zero-order chi connectivity index (χ0) is 20.2. The first-order valence-corrected chi connectivity index (χ1v) is 9.03. The summed E-state index contributed by atoms with van der Waals surface area (Å²) in [6, 6.07) is 16.0. The Kier molecular flexibility index (Phi) is 5.08. The average Bonchev–Trinajstić information content (AvgIpc) is 2.75. The standard InChI is InChI=1S/C20H16ClN7O/c21-13-8-6-12(7-9-13)20(29)28-27-19-17(22)18(24-11-25-19)26-16-5-1-4-15-14(16)3-2-10-23-15/h1-11H,22H2,(H,28,29)(H2,24,25,26,27). The van der Waals surface area contributed by atoms with Gasteiger partial charge in [0.1, 0.15) is 12.0 Å². The zero-order valence-corrected chi connectivity index (χ0v) is 15.8. The molecule has 0 saturated carbocycles. The molecule has 9 heteroatoms. The quantitative estimate of drug-likeness (QED) is 0.373. The highest BCUT2D eigenvalue weighted by atomic mass is 35.5. The fourth-order valence-corrected chi connectivity index (χ4v) is 2.85. The van der Waals surface area contributed by atoms with E-state index >= 15 is 0 Å². The molecule has 0 bridgehead atoms. The summed E-state index contributed by atoms with van der Waals surface area (Å²) in [5.41, 5.74) is 13.8. The molecule has 29 heavy (non-hydrogen) atoms. The van der Waals surface area contributed by atoms with Crippen LogP contribution in [0, 0.1) is 0 Å². The maximum Gasteiger partial charge on any atom is 0.269 e. The van der Waals surface area contributed by atoms with Gasteiger partial charge in [0.05, 0.1) is 5.52 Å². The van der Waals surface area contributed by atoms with Crippen molar-refractivity contribution in [2.24, 2.45) is 0 Å². The zero-order valence-electron chi connectivity index (χ0n) is 15.1. The summed E-state index contributed by atoms with van der Waals surface area (Å²) < 4.78 is 0. The number of fused-ring (bicyclic) bond motifs is 1. The number of amides is 1. The smallest absolute Gasteiger partial charge is 0.269 e. The molecule has 0 aliphatic carbocycles. The minimum atomic E-state index is -0.352. The Balaban J connectivity index is 1.53. The molecule has 0 atom stereocenters. The van der Waals surface area contributed by atoms with E-state index in [1.54, 1.807) is 30.5 Å². The monoisotopic (exact) mass is 405 g/mol. The molecule has 0 unspecified atom stereocenters. The Morgan fingerprint density at radius 2 is 1.72 bits per heavy atom. The first kappa shape index (κ1) is 18.5. The Hall–Kier alpha value is -3.91. The van der Waals surface area contributed by atoms with Crippen molar-refractivity contribution in [3.8, 4) is 0 Å². The van der Waals surface area contributed by atoms with Gasteiger partial charge >= 0.3 is 0 Å². The van der Waals surface area contributed by atoms with Crippen molar-refractivity contribution >= 4 is 51.4 Å². The van der Waals surface area contributed by atoms with E-state index in [2.05, 4.69) is 31.1 Å². The number of anilines is 4. The van der Waals surface area contributed by atoms with Gasteiger partial charge in [-0.15, -0.1) is 0 Å². The van der Waals surface area contributed by atoms with Crippen molar-refractivity contribution in [2.45, 2.75) is 0 Å². The average molecular weight is 406 g/mol. The molecule has 8 nitrogen and oxygen atoms in total. The number of nitrogens with two attached hydrogens (primary N) is 1. The molecule has 0 saturated heterocycles. The van der Waals surface area contributed by atoms with E-state index in [0.29, 0.717) is 16.4 Å². The number of hydrazine groups is 1. The van der Waals surface area contributed by atoms with Crippen LogP contribution in [0.15, 0.2) is 67.1 Å². The first-order valence-electron chi connectivity index (χ1n) is 8.65. The van der Waals surface area contributed by atoms with Gasteiger partial charge in [-0.1, -0.05) is 17.7 Å². The number of nitrogens with zero attached hydrogens (tertiary/aromatic N) is 3. The van der Waals surface area contributed by atoms with Crippen molar-refractivity contribution in [1.29, 1.82) is 0 Å².